The van der Waals surface area contributed by atoms with E-state index < -0.39 is 45.2 Å². The van der Waals surface area contributed by atoms with Crippen molar-refractivity contribution in [3.05, 3.63) is 87.0 Å². The number of benzene rings is 2. The molecule has 1 saturated carbocycles. The number of halogens is 2. The minimum absolute atomic E-state index is 0.00300. The number of ether oxygens (including phenoxy) is 2. The minimum atomic E-state index is -4.28. The number of aromatic nitrogens is 1. The van der Waals surface area contributed by atoms with E-state index in [1.54, 1.807) is 54.6 Å². The molecule has 0 spiro atoms. The van der Waals surface area contributed by atoms with Gasteiger partial charge >= 0.3 is 5.97 Å². The summed E-state index contributed by atoms with van der Waals surface area (Å²) >= 11 is 9.61. The lowest BCUT2D eigenvalue weighted by Gasteiger charge is -2.41. The first-order valence-corrected chi connectivity index (χ1v) is 14.0. The van der Waals surface area contributed by atoms with E-state index in [-0.39, 0.29) is 22.3 Å². The molecule has 2 heterocycles. The summed E-state index contributed by atoms with van der Waals surface area (Å²) < 4.78 is 43.1. The van der Waals surface area contributed by atoms with Gasteiger partial charge in [-0.1, -0.05) is 70.0 Å². The molecule has 9 nitrogen and oxygen atoms in total. The minimum Gasteiger partial charge on any atom is -0.481 e. The fourth-order valence-corrected chi connectivity index (χ4v) is 6.75. The smallest absolute Gasteiger partial charge is 0.310 e. The summed E-state index contributed by atoms with van der Waals surface area (Å²) in [5.41, 5.74) is -3.46. The number of carbonyl (C=O) groups is 1. The third-order valence-electron chi connectivity index (χ3n) is 6.86. The van der Waals surface area contributed by atoms with Crippen LogP contribution in [0.1, 0.15) is 22.6 Å². The third kappa shape index (κ3) is 3.83. The van der Waals surface area contributed by atoms with Crippen LogP contribution in [0.25, 0.3) is 0 Å². The van der Waals surface area contributed by atoms with E-state index >= 15 is 0 Å². The molecule has 1 aliphatic heterocycles. The molecule has 12 heteroatoms. The van der Waals surface area contributed by atoms with Crippen molar-refractivity contribution in [2.24, 2.45) is 5.92 Å². The van der Waals surface area contributed by atoms with Gasteiger partial charge in [-0.2, -0.15) is 8.42 Å². The number of hydrogen-bond acceptors (Lipinski definition) is 8. The number of carboxylic acid groups (broad SMARTS) is 1. The second-order valence-electron chi connectivity index (χ2n) is 8.91. The normalized spacial score (nSPS) is 28.3. The monoisotopic (exact) mass is 609 g/mol. The van der Waals surface area contributed by atoms with E-state index in [9.17, 15) is 23.4 Å². The Morgan fingerprint density at radius 2 is 1.81 bits per heavy atom. The molecule has 0 radical (unpaired) electrons. The number of aliphatic hydroxyl groups is 1. The van der Waals surface area contributed by atoms with Crippen LogP contribution in [0, 0.1) is 5.92 Å². The van der Waals surface area contributed by atoms with E-state index in [1.165, 1.54) is 13.2 Å². The highest BCUT2D eigenvalue weighted by Crippen LogP contribution is 2.70. The molecular formula is C25H21BrClNO8S. The SMILES string of the molecule is COc1nc(Cl)cc2c1[C@]1(O)[C@H](OS(C)(=O)=O)[C@H](C(=O)O)[C@@H](c3ccccc3)[C@]1(c1ccc(Br)cc1)O2. The molecule has 2 N–H and O–H groups in total. The van der Waals surface area contributed by atoms with Crippen LogP contribution in [0.15, 0.2) is 65.1 Å². The Balaban J connectivity index is 1.95. The van der Waals surface area contributed by atoms with Crippen LogP contribution in [0.2, 0.25) is 5.15 Å². The Hall–Kier alpha value is -2.70. The van der Waals surface area contributed by atoms with Gasteiger partial charge in [-0.15, -0.1) is 0 Å². The van der Waals surface area contributed by atoms with Crippen molar-refractivity contribution in [3.8, 4) is 11.6 Å². The molecule has 1 aliphatic carbocycles. The Morgan fingerprint density at radius 3 is 2.38 bits per heavy atom. The van der Waals surface area contributed by atoms with Gasteiger partial charge in [0.15, 0.2) is 11.2 Å². The molecule has 2 aromatic carbocycles. The van der Waals surface area contributed by atoms with Gasteiger partial charge in [0.2, 0.25) is 5.88 Å². The lowest BCUT2D eigenvalue weighted by atomic mass is 9.71. The molecule has 37 heavy (non-hydrogen) atoms. The zero-order valence-corrected chi connectivity index (χ0v) is 22.6. The van der Waals surface area contributed by atoms with Crippen LogP contribution >= 0.6 is 27.5 Å². The van der Waals surface area contributed by atoms with Gasteiger partial charge in [-0.3, -0.25) is 8.98 Å². The zero-order valence-electron chi connectivity index (χ0n) is 19.5. The van der Waals surface area contributed by atoms with Crippen molar-refractivity contribution in [3.63, 3.8) is 0 Å². The summed E-state index contributed by atoms with van der Waals surface area (Å²) in [5, 5.41) is 23.3. The molecule has 194 valence electrons. The molecule has 0 bridgehead atoms. The summed E-state index contributed by atoms with van der Waals surface area (Å²) in [7, 11) is -2.98. The van der Waals surface area contributed by atoms with E-state index in [1.807, 2.05) is 0 Å². The van der Waals surface area contributed by atoms with Crippen LogP contribution < -0.4 is 9.47 Å². The van der Waals surface area contributed by atoms with Crippen LogP contribution in [0.3, 0.4) is 0 Å². The highest BCUT2D eigenvalue weighted by Gasteiger charge is 2.79. The van der Waals surface area contributed by atoms with E-state index in [4.69, 9.17) is 25.3 Å². The third-order valence-corrected chi connectivity index (χ3v) is 8.14. The van der Waals surface area contributed by atoms with E-state index in [0.29, 0.717) is 11.1 Å². The van der Waals surface area contributed by atoms with Gasteiger partial charge in [0.1, 0.15) is 17.0 Å². The number of rotatable bonds is 6. The summed E-state index contributed by atoms with van der Waals surface area (Å²) in [6.45, 7) is 0. The van der Waals surface area contributed by atoms with Crippen molar-refractivity contribution in [2.75, 3.05) is 13.4 Å². The summed E-state index contributed by atoms with van der Waals surface area (Å²) in [6, 6.07) is 16.7. The van der Waals surface area contributed by atoms with Gasteiger partial charge in [-0.05, 0) is 23.3 Å². The molecule has 1 fully saturated rings. The van der Waals surface area contributed by atoms with E-state index in [2.05, 4.69) is 20.9 Å². The van der Waals surface area contributed by atoms with Crippen molar-refractivity contribution < 1.29 is 37.1 Å². The Labute approximate surface area is 226 Å². The van der Waals surface area contributed by atoms with Gasteiger partial charge in [0, 0.05) is 16.5 Å². The van der Waals surface area contributed by atoms with Crippen molar-refractivity contribution in [2.45, 2.75) is 23.2 Å². The highest BCUT2D eigenvalue weighted by molar-refractivity contribution is 9.10. The number of fused-ring (bicyclic) bond motifs is 3. The molecule has 1 aromatic heterocycles. The number of pyridine rings is 1. The maximum Gasteiger partial charge on any atom is 0.310 e. The summed E-state index contributed by atoms with van der Waals surface area (Å²) in [4.78, 5) is 17.0. The average Bonchev–Trinajstić information content (AvgIpc) is 3.21. The van der Waals surface area contributed by atoms with E-state index in [0.717, 1.165) is 10.7 Å². The molecule has 5 rings (SSSR count). The van der Waals surface area contributed by atoms with Gasteiger partial charge in [0.25, 0.3) is 10.1 Å². The topological polar surface area (TPSA) is 132 Å². The number of aliphatic carboxylic acids is 1. The molecule has 0 saturated heterocycles. The fourth-order valence-electron chi connectivity index (χ4n) is 5.68. The number of methoxy groups -OCH3 is 1. The molecular weight excluding hydrogens is 590 g/mol. The summed E-state index contributed by atoms with van der Waals surface area (Å²) in [5.74, 6) is -4.16. The predicted molar refractivity (Wildman–Crippen MR) is 136 cm³/mol. The molecule has 0 amide bonds. The lowest BCUT2D eigenvalue weighted by molar-refractivity contribution is -0.153. The number of hydrogen-bond donors (Lipinski definition) is 2. The van der Waals surface area contributed by atoms with Gasteiger partial charge in [-0.25, -0.2) is 4.98 Å². The van der Waals surface area contributed by atoms with Gasteiger partial charge in [0.05, 0.1) is 24.8 Å². The Kier molecular flexibility index (Phi) is 6.27. The number of carboxylic acids is 1. The lowest BCUT2D eigenvalue weighted by Crippen LogP contribution is -2.53. The van der Waals surface area contributed by atoms with Crippen LogP contribution in [-0.2, 0) is 30.3 Å². The quantitative estimate of drug-likeness (QED) is 0.316. The second kappa shape index (κ2) is 8.95. The van der Waals surface area contributed by atoms with Gasteiger partial charge < -0.3 is 19.7 Å². The molecule has 2 aliphatic rings. The van der Waals surface area contributed by atoms with Crippen LogP contribution in [0.5, 0.6) is 11.6 Å². The largest absolute Gasteiger partial charge is 0.481 e. The molecule has 5 atom stereocenters. The Bertz CT molecular complexity index is 1490. The Morgan fingerprint density at radius 1 is 1.16 bits per heavy atom. The molecule has 0 unspecified atom stereocenters. The van der Waals surface area contributed by atoms with Crippen molar-refractivity contribution in [1.82, 2.24) is 4.98 Å². The zero-order chi connectivity index (χ0) is 26.8. The van der Waals surface area contributed by atoms with Crippen LogP contribution in [0.4, 0.5) is 0 Å². The first-order valence-electron chi connectivity index (χ1n) is 11.0. The first-order chi connectivity index (χ1) is 17.4. The van der Waals surface area contributed by atoms with Crippen LogP contribution in [-0.4, -0.2) is 49.1 Å². The first kappa shape index (κ1) is 25.9. The standard InChI is InChI=1S/C25H21BrClNO8S/c1-34-22-20-16(12-17(27)28-22)35-25(14-8-10-15(26)11-9-14)19(13-6-4-3-5-7-13)18(23(29)30)21(24(20,25)31)36-37(2,32)33/h3-12,18-19,21,31H,1-2H3,(H,29,30)/t18-,19-,21-,24+,25+/m1/s1. The average molecular weight is 611 g/mol. The fraction of sp³-hybridized carbons (Fsp3) is 0.280. The second-order valence-corrected chi connectivity index (χ2v) is 11.8. The highest BCUT2D eigenvalue weighted by atomic mass is 79.9. The predicted octanol–water partition coefficient (Wildman–Crippen LogP) is 3.82. The number of nitrogens with zero attached hydrogens (tertiary/aromatic N) is 1. The molecule has 3 aromatic rings. The maximum atomic E-state index is 12.9. The van der Waals surface area contributed by atoms with Crippen molar-refractivity contribution >= 4 is 43.6 Å². The van der Waals surface area contributed by atoms with Crippen molar-refractivity contribution in [1.29, 1.82) is 0 Å². The summed E-state index contributed by atoms with van der Waals surface area (Å²) in [6.07, 6.45) is -1.03. The maximum absolute atomic E-state index is 12.9.